The molecule has 0 saturated heterocycles. The van der Waals surface area contributed by atoms with Gasteiger partial charge < -0.3 is 9.87 Å². The smallest absolute Gasteiger partial charge is 0.154 e. The van der Waals surface area contributed by atoms with Crippen LogP contribution in [0.15, 0.2) is 28.7 Å². The van der Waals surface area contributed by atoms with Crippen molar-refractivity contribution >= 4 is 32.7 Å². The summed E-state index contributed by atoms with van der Waals surface area (Å²) in [5.74, 6) is 0.246. The van der Waals surface area contributed by atoms with E-state index in [1.165, 1.54) is 0 Å². The van der Waals surface area contributed by atoms with E-state index in [9.17, 15) is 4.21 Å². The highest BCUT2D eigenvalue weighted by molar-refractivity contribution is 9.10. The number of hydrogen-bond donors (Lipinski definition) is 2. The van der Waals surface area contributed by atoms with Crippen LogP contribution in [0.4, 0.5) is 5.69 Å². The molecule has 1 aromatic rings. The van der Waals surface area contributed by atoms with Gasteiger partial charge >= 0.3 is 0 Å². The van der Waals surface area contributed by atoms with Crippen molar-refractivity contribution in [1.29, 1.82) is 0 Å². The molecule has 13 heavy (non-hydrogen) atoms. The first-order valence-electron chi connectivity index (χ1n) is 3.75. The Balaban J connectivity index is 2.37. The van der Waals surface area contributed by atoms with Crippen molar-refractivity contribution in [3.63, 3.8) is 0 Å². The van der Waals surface area contributed by atoms with Gasteiger partial charge in [-0.15, -0.1) is 0 Å². The minimum atomic E-state index is -1.72. The summed E-state index contributed by atoms with van der Waals surface area (Å²) in [6.45, 7) is 0.505. The molecule has 72 valence electrons. The first-order chi connectivity index (χ1) is 6.18. The van der Waals surface area contributed by atoms with Gasteiger partial charge in [0.15, 0.2) is 11.1 Å². The van der Waals surface area contributed by atoms with Crippen LogP contribution in [0, 0.1) is 0 Å². The summed E-state index contributed by atoms with van der Waals surface area (Å²) in [5, 5.41) is 3.03. The average molecular weight is 264 g/mol. The molecule has 0 amide bonds. The Kier molecular flexibility index (Phi) is 4.41. The third kappa shape index (κ3) is 4.40. The summed E-state index contributed by atoms with van der Waals surface area (Å²) in [6, 6.07) is 7.64. The largest absolute Gasteiger partial charge is 0.384 e. The van der Waals surface area contributed by atoms with E-state index in [0.717, 1.165) is 10.2 Å². The summed E-state index contributed by atoms with van der Waals surface area (Å²) in [6.07, 6.45) is 0. The molecule has 0 heterocycles. The number of hydrogen-bond acceptors (Lipinski definition) is 2. The van der Waals surface area contributed by atoms with Gasteiger partial charge in [0.25, 0.3) is 0 Å². The van der Waals surface area contributed by atoms with E-state index in [-0.39, 0.29) is 5.75 Å². The van der Waals surface area contributed by atoms with Crippen molar-refractivity contribution in [3.8, 4) is 0 Å². The number of rotatable bonds is 4. The topological polar surface area (TPSA) is 49.3 Å². The minimum Gasteiger partial charge on any atom is -0.384 e. The van der Waals surface area contributed by atoms with Gasteiger partial charge in [-0.05, 0) is 24.3 Å². The summed E-state index contributed by atoms with van der Waals surface area (Å²) < 4.78 is 19.8. The van der Waals surface area contributed by atoms with Crippen molar-refractivity contribution < 1.29 is 8.76 Å². The molecule has 0 aliphatic carbocycles. The lowest BCUT2D eigenvalue weighted by molar-refractivity contribution is 0.565. The second-order valence-corrected chi connectivity index (χ2v) is 4.43. The van der Waals surface area contributed by atoms with Crippen LogP contribution in [0.25, 0.3) is 0 Å². The molecule has 1 atom stereocenters. The molecule has 0 spiro atoms. The van der Waals surface area contributed by atoms with Crippen molar-refractivity contribution in [3.05, 3.63) is 28.7 Å². The molecule has 1 aromatic carbocycles. The van der Waals surface area contributed by atoms with Crippen molar-refractivity contribution in [1.82, 2.24) is 0 Å². The van der Waals surface area contributed by atoms with Crippen LogP contribution in [0.5, 0.6) is 0 Å². The van der Waals surface area contributed by atoms with Gasteiger partial charge in [-0.3, -0.25) is 0 Å². The third-order valence-electron chi connectivity index (χ3n) is 1.45. The van der Waals surface area contributed by atoms with Crippen molar-refractivity contribution in [2.75, 3.05) is 17.6 Å². The van der Waals surface area contributed by atoms with Gasteiger partial charge in [-0.1, -0.05) is 15.9 Å². The zero-order valence-corrected chi connectivity index (χ0v) is 9.27. The van der Waals surface area contributed by atoms with Crippen molar-refractivity contribution in [2.45, 2.75) is 0 Å². The Labute approximate surface area is 88.0 Å². The Morgan fingerprint density at radius 1 is 1.38 bits per heavy atom. The summed E-state index contributed by atoms with van der Waals surface area (Å²) in [4.78, 5) is 0. The molecule has 0 aromatic heterocycles. The lowest BCUT2D eigenvalue weighted by Crippen LogP contribution is -2.09. The average Bonchev–Trinajstić information content (AvgIpc) is 2.08. The molecule has 1 unspecified atom stereocenters. The Bertz CT molecular complexity index is 289. The molecule has 2 N–H and O–H groups in total. The van der Waals surface area contributed by atoms with E-state index >= 15 is 0 Å². The lowest BCUT2D eigenvalue weighted by atomic mass is 10.3. The van der Waals surface area contributed by atoms with Gasteiger partial charge in [-0.25, -0.2) is 4.21 Å². The number of halogens is 1. The molecule has 0 bridgehead atoms. The standard InChI is InChI=1S/C8H10BrNO2S/c9-7-1-3-8(4-2-7)10-5-6-13(11)12/h1-4,10H,5-6H2,(H,11,12). The van der Waals surface area contributed by atoms with Gasteiger partial charge in [0.1, 0.15) is 0 Å². The van der Waals surface area contributed by atoms with E-state index in [4.69, 9.17) is 4.55 Å². The molecule has 5 heteroatoms. The van der Waals surface area contributed by atoms with Gasteiger partial charge in [-0.2, -0.15) is 0 Å². The highest BCUT2D eigenvalue weighted by Crippen LogP contribution is 2.13. The van der Waals surface area contributed by atoms with Crippen LogP contribution < -0.4 is 5.32 Å². The Hall–Kier alpha value is -0.390. The highest BCUT2D eigenvalue weighted by atomic mass is 79.9. The van der Waals surface area contributed by atoms with E-state index in [2.05, 4.69) is 21.2 Å². The van der Waals surface area contributed by atoms with Crippen LogP contribution in [0.1, 0.15) is 0 Å². The zero-order chi connectivity index (χ0) is 9.68. The molecular formula is C8H10BrNO2S. The van der Waals surface area contributed by atoms with Crippen LogP contribution in [-0.2, 0) is 11.1 Å². The van der Waals surface area contributed by atoms with E-state index < -0.39 is 11.1 Å². The van der Waals surface area contributed by atoms with Crippen LogP contribution in [0.3, 0.4) is 0 Å². The molecule has 3 nitrogen and oxygen atoms in total. The lowest BCUT2D eigenvalue weighted by Gasteiger charge is -2.03. The van der Waals surface area contributed by atoms with Crippen LogP contribution >= 0.6 is 15.9 Å². The first kappa shape index (κ1) is 10.7. The molecule has 0 fully saturated rings. The number of anilines is 1. The summed E-state index contributed by atoms with van der Waals surface area (Å²) in [5.41, 5.74) is 0.952. The maximum atomic E-state index is 10.3. The SMILES string of the molecule is O=S(O)CCNc1ccc(Br)cc1. The quantitative estimate of drug-likeness (QED) is 0.818. The fraction of sp³-hybridized carbons (Fsp3) is 0.250. The minimum absolute atomic E-state index is 0.246. The predicted octanol–water partition coefficient (Wildman–Crippen LogP) is 2.08. The Morgan fingerprint density at radius 3 is 2.54 bits per heavy atom. The monoisotopic (exact) mass is 263 g/mol. The molecule has 0 saturated carbocycles. The summed E-state index contributed by atoms with van der Waals surface area (Å²) >= 11 is 1.61. The number of benzene rings is 1. The van der Waals surface area contributed by atoms with Gasteiger partial charge in [0.2, 0.25) is 0 Å². The molecule has 0 aliphatic rings. The van der Waals surface area contributed by atoms with E-state index in [1.807, 2.05) is 24.3 Å². The van der Waals surface area contributed by atoms with Crippen molar-refractivity contribution in [2.24, 2.45) is 0 Å². The molecule has 1 rings (SSSR count). The second-order valence-electron chi connectivity index (χ2n) is 2.46. The zero-order valence-electron chi connectivity index (χ0n) is 6.87. The fourth-order valence-corrected chi connectivity index (χ4v) is 1.39. The van der Waals surface area contributed by atoms with Gasteiger partial charge in [0, 0.05) is 16.7 Å². The van der Waals surface area contributed by atoms with E-state index in [1.54, 1.807) is 0 Å². The molecule has 0 aliphatic heterocycles. The number of nitrogens with one attached hydrogen (secondary N) is 1. The normalized spacial score (nSPS) is 12.5. The predicted molar refractivity (Wildman–Crippen MR) is 58.3 cm³/mol. The van der Waals surface area contributed by atoms with Gasteiger partial charge in [0.05, 0.1) is 5.75 Å². The molecule has 0 radical (unpaired) electrons. The summed E-state index contributed by atoms with van der Waals surface area (Å²) in [7, 11) is 0. The molecular weight excluding hydrogens is 254 g/mol. The van der Waals surface area contributed by atoms with E-state index in [0.29, 0.717) is 6.54 Å². The third-order valence-corrected chi connectivity index (χ3v) is 2.53. The highest BCUT2D eigenvalue weighted by Gasteiger charge is 1.94. The maximum Gasteiger partial charge on any atom is 0.154 e. The maximum absolute atomic E-state index is 10.3. The second kappa shape index (κ2) is 5.36. The van der Waals surface area contributed by atoms with Crippen LogP contribution in [0.2, 0.25) is 0 Å². The first-order valence-corrected chi connectivity index (χ1v) is 5.82. The Morgan fingerprint density at radius 2 is 2.00 bits per heavy atom. The van der Waals surface area contributed by atoms with Crippen LogP contribution in [-0.4, -0.2) is 21.1 Å². The fourth-order valence-electron chi connectivity index (χ4n) is 0.850.